The predicted octanol–water partition coefficient (Wildman–Crippen LogP) is 3.25. The molecule has 3 heterocycles. The van der Waals surface area contributed by atoms with Crippen molar-refractivity contribution in [2.45, 2.75) is 58.5 Å². The van der Waals surface area contributed by atoms with E-state index in [1.165, 1.54) is 9.80 Å². The summed E-state index contributed by atoms with van der Waals surface area (Å²) in [7, 11) is 0. The first-order chi connectivity index (χ1) is 19.2. The largest absolute Gasteiger partial charge is 0.391 e. The van der Waals surface area contributed by atoms with Gasteiger partial charge in [-0.3, -0.25) is 14.4 Å². The summed E-state index contributed by atoms with van der Waals surface area (Å²) in [5, 5.41) is 22.6. The number of rotatable bonds is 7. The molecule has 0 spiro atoms. The van der Waals surface area contributed by atoms with Gasteiger partial charge in [-0.25, -0.2) is 4.98 Å². The molecule has 1 aromatic heterocycles. The zero-order valence-electron chi connectivity index (χ0n) is 22.6. The van der Waals surface area contributed by atoms with E-state index in [9.17, 15) is 24.8 Å². The van der Waals surface area contributed by atoms with Gasteiger partial charge in [0, 0.05) is 31.6 Å². The molecule has 5 rings (SSSR count). The molecule has 0 saturated carbocycles. The van der Waals surface area contributed by atoms with Gasteiger partial charge < -0.3 is 20.2 Å². The Balaban J connectivity index is 1.28. The summed E-state index contributed by atoms with van der Waals surface area (Å²) in [5.74, 6) is -1.25. The number of likely N-dealkylation sites (tertiary alicyclic amines) is 1. The van der Waals surface area contributed by atoms with Crippen LogP contribution in [-0.2, 0) is 22.7 Å². The summed E-state index contributed by atoms with van der Waals surface area (Å²) in [6, 6.07) is 13.2. The normalized spacial score (nSPS) is 19.1. The fourth-order valence-corrected chi connectivity index (χ4v) is 6.34. The maximum atomic E-state index is 13.9. The van der Waals surface area contributed by atoms with Crippen LogP contribution in [0.15, 0.2) is 48.0 Å². The second-order valence-electron chi connectivity index (χ2n) is 10.7. The number of amides is 3. The molecule has 2 aromatic carbocycles. The lowest BCUT2D eigenvalue weighted by Gasteiger charge is -2.35. The summed E-state index contributed by atoms with van der Waals surface area (Å²) in [6.45, 7) is 6.24. The highest BCUT2D eigenvalue weighted by Crippen LogP contribution is 2.31. The van der Waals surface area contributed by atoms with E-state index in [-0.39, 0.29) is 49.7 Å². The Kier molecular flexibility index (Phi) is 7.70. The van der Waals surface area contributed by atoms with Gasteiger partial charge >= 0.3 is 0 Å². The molecule has 206 valence electrons. The van der Waals surface area contributed by atoms with Gasteiger partial charge in [-0.1, -0.05) is 44.2 Å². The highest BCUT2D eigenvalue weighted by atomic mass is 32.1. The number of carbonyl (C=O) groups excluding carboxylic acids is 3. The summed E-state index contributed by atoms with van der Waals surface area (Å²) in [5.41, 5.74) is 6.32. The Labute approximate surface area is 237 Å². The fraction of sp³-hybridized carbons (Fsp3) is 0.367. The Bertz CT molecular complexity index is 1490. The molecule has 9 nitrogen and oxygen atoms in total. The molecule has 2 aliphatic heterocycles. The number of hydrogen-bond acceptors (Lipinski definition) is 7. The van der Waals surface area contributed by atoms with E-state index in [0.717, 1.165) is 27.3 Å². The van der Waals surface area contributed by atoms with Crippen molar-refractivity contribution in [2.24, 2.45) is 5.92 Å². The van der Waals surface area contributed by atoms with Crippen LogP contribution in [0.2, 0.25) is 0 Å². The van der Waals surface area contributed by atoms with E-state index in [4.69, 9.17) is 0 Å². The van der Waals surface area contributed by atoms with Crippen molar-refractivity contribution in [1.29, 1.82) is 5.26 Å². The number of benzene rings is 2. The number of aromatic nitrogens is 1. The fourth-order valence-electron chi connectivity index (χ4n) is 5.53. The Morgan fingerprint density at radius 1 is 1.23 bits per heavy atom. The van der Waals surface area contributed by atoms with Crippen LogP contribution in [0.1, 0.15) is 53.0 Å². The van der Waals surface area contributed by atoms with E-state index >= 15 is 0 Å². The number of thiazole rings is 1. The number of aryl methyl sites for hydroxylation is 1. The van der Waals surface area contributed by atoms with Crippen LogP contribution >= 0.6 is 11.3 Å². The zero-order valence-corrected chi connectivity index (χ0v) is 23.4. The topological polar surface area (TPSA) is 127 Å². The molecule has 0 radical (unpaired) electrons. The number of β-amino-alcohol motifs (C(OH)–C–C–N with tert-alkyl or cyclic N) is 1. The third-order valence-electron chi connectivity index (χ3n) is 7.58. The van der Waals surface area contributed by atoms with Crippen molar-refractivity contribution in [3.63, 3.8) is 0 Å². The van der Waals surface area contributed by atoms with Gasteiger partial charge in [0.15, 0.2) is 0 Å². The highest BCUT2D eigenvalue weighted by molar-refractivity contribution is 7.13. The maximum absolute atomic E-state index is 13.9. The minimum absolute atomic E-state index is 0.0244. The number of hydrogen-bond donors (Lipinski definition) is 2. The van der Waals surface area contributed by atoms with Crippen LogP contribution in [0.5, 0.6) is 0 Å². The summed E-state index contributed by atoms with van der Waals surface area (Å²) in [6.07, 6.45) is -0.704. The molecule has 1 fully saturated rings. The Hall–Kier alpha value is -4.07. The molecule has 40 heavy (non-hydrogen) atoms. The lowest BCUT2D eigenvalue weighted by atomic mass is 10.0. The molecular weight excluding hydrogens is 526 g/mol. The Morgan fingerprint density at radius 3 is 2.62 bits per heavy atom. The van der Waals surface area contributed by atoms with Gasteiger partial charge in [-0.2, -0.15) is 5.26 Å². The van der Waals surface area contributed by atoms with Crippen molar-refractivity contribution >= 4 is 29.1 Å². The van der Waals surface area contributed by atoms with Gasteiger partial charge in [0.1, 0.15) is 12.1 Å². The Morgan fingerprint density at radius 2 is 1.98 bits per heavy atom. The van der Waals surface area contributed by atoms with E-state index < -0.39 is 18.2 Å². The number of aliphatic hydroxyl groups excluding tert-OH is 1. The summed E-state index contributed by atoms with van der Waals surface area (Å²) < 4.78 is 0. The van der Waals surface area contributed by atoms with Crippen molar-refractivity contribution < 1.29 is 19.5 Å². The maximum Gasteiger partial charge on any atom is 0.255 e. The minimum atomic E-state index is -0.840. The van der Waals surface area contributed by atoms with E-state index in [1.54, 1.807) is 29.5 Å². The molecule has 0 aliphatic carbocycles. The van der Waals surface area contributed by atoms with Crippen LogP contribution in [-0.4, -0.2) is 62.3 Å². The molecule has 2 N–H and O–H groups in total. The van der Waals surface area contributed by atoms with Crippen molar-refractivity contribution in [1.82, 2.24) is 20.1 Å². The molecule has 10 heteroatoms. The second kappa shape index (κ2) is 11.2. The molecule has 1 unspecified atom stereocenters. The van der Waals surface area contributed by atoms with Crippen molar-refractivity contribution in [2.75, 3.05) is 6.54 Å². The SMILES string of the molecule is Cc1ncsc1-c1ccc(CNC(=O)[C@@H]2C[C@@H](O)CN2C(=O)C(C(C)C)N2Cc3ccc(C#N)cc3C2=O)cc1. The number of carbonyl (C=O) groups is 3. The number of fused-ring (bicyclic) bond motifs is 1. The van der Waals surface area contributed by atoms with Crippen molar-refractivity contribution in [3.8, 4) is 16.5 Å². The molecule has 3 atom stereocenters. The van der Waals surface area contributed by atoms with Crippen LogP contribution < -0.4 is 5.32 Å². The minimum Gasteiger partial charge on any atom is -0.391 e. The first kappa shape index (κ1) is 27.5. The monoisotopic (exact) mass is 557 g/mol. The standard InChI is InChI=1S/C30H31N5O4S/c1-17(2)26(35-14-22-9-6-20(12-31)10-24(22)29(35)38)30(39)34-15-23(36)11-25(34)28(37)32-13-19-4-7-21(8-5-19)27-18(3)33-16-40-27/h4-10,16-17,23,25-26,36H,11,13-15H2,1-3H3,(H,32,37)/t23-,25+,26?/m1/s1. The van der Waals surface area contributed by atoms with Gasteiger partial charge in [0.25, 0.3) is 5.91 Å². The van der Waals surface area contributed by atoms with Crippen LogP contribution in [0.4, 0.5) is 0 Å². The van der Waals surface area contributed by atoms with Crippen LogP contribution in [0.3, 0.4) is 0 Å². The first-order valence-electron chi connectivity index (χ1n) is 13.3. The molecule has 3 amide bonds. The molecular formula is C30H31N5O4S. The number of nitriles is 1. The summed E-state index contributed by atoms with van der Waals surface area (Å²) >= 11 is 1.58. The quantitative estimate of drug-likeness (QED) is 0.459. The molecule has 2 aliphatic rings. The van der Waals surface area contributed by atoms with E-state index in [0.29, 0.717) is 11.1 Å². The van der Waals surface area contributed by atoms with Gasteiger partial charge in [0.05, 0.1) is 33.8 Å². The zero-order chi connectivity index (χ0) is 28.6. The van der Waals surface area contributed by atoms with Gasteiger partial charge in [0.2, 0.25) is 11.8 Å². The van der Waals surface area contributed by atoms with Crippen molar-refractivity contribution in [3.05, 3.63) is 75.9 Å². The van der Waals surface area contributed by atoms with E-state index in [2.05, 4.69) is 10.3 Å². The highest BCUT2D eigenvalue weighted by Gasteiger charge is 2.45. The smallest absolute Gasteiger partial charge is 0.255 e. The lowest BCUT2D eigenvalue weighted by molar-refractivity contribution is -0.143. The second-order valence-corrected chi connectivity index (χ2v) is 11.5. The van der Waals surface area contributed by atoms with Gasteiger partial charge in [-0.05, 0) is 41.7 Å². The third kappa shape index (κ3) is 5.22. The predicted molar refractivity (Wildman–Crippen MR) is 150 cm³/mol. The molecule has 1 saturated heterocycles. The molecule has 3 aromatic rings. The average molecular weight is 558 g/mol. The average Bonchev–Trinajstić information content (AvgIpc) is 3.64. The lowest BCUT2D eigenvalue weighted by Crippen LogP contribution is -2.55. The number of nitrogens with zero attached hydrogens (tertiary/aromatic N) is 4. The van der Waals surface area contributed by atoms with Crippen LogP contribution in [0, 0.1) is 24.2 Å². The van der Waals surface area contributed by atoms with Crippen LogP contribution in [0.25, 0.3) is 10.4 Å². The van der Waals surface area contributed by atoms with Gasteiger partial charge in [-0.15, -0.1) is 11.3 Å². The van der Waals surface area contributed by atoms with E-state index in [1.807, 2.05) is 56.6 Å². The summed E-state index contributed by atoms with van der Waals surface area (Å²) in [4.78, 5) is 48.8. The molecule has 0 bridgehead atoms. The number of aliphatic hydroxyl groups is 1. The third-order valence-corrected chi connectivity index (χ3v) is 8.56. The first-order valence-corrected chi connectivity index (χ1v) is 14.2. The number of nitrogens with one attached hydrogen (secondary N) is 1.